The summed E-state index contributed by atoms with van der Waals surface area (Å²) in [6.45, 7) is 0. The van der Waals surface area contributed by atoms with E-state index in [4.69, 9.17) is 0 Å². The smallest absolute Gasteiger partial charge is 0.341 e. The van der Waals surface area contributed by atoms with Crippen LogP contribution in [0, 0.1) is 5.82 Å². The number of esters is 1. The first kappa shape index (κ1) is 11.2. The Hall–Kier alpha value is -1.91. The van der Waals surface area contributed by atoms with E-state index in [0.29, 0.717) is 6.29 Å². The van der Waals surface area contributed by atoms with Crippen LogP contribution in [0.25, 0.3) is 0 Å². The SMILES string of the molecule is COC(=O)c1c(C=O)ccc(OC)c1F. The fraction of sp³-hybridized carbons (Fsp3) is 0.200. The molecule has 0 aliphatic carbocycles. The molecule has 0 atom stereocenters. The Kier molecular flexibility index (Phi) is 3.38. The number of rotatable bonds is 3. The van der Waals surface area contributed by atoms with Crippen LogP contribution in [0.5, 0.6) is 5.75 Å². The van der Waals surface area contributed by atoms with Crippen LogP contribution in [-0.4, -0.2) is 26.5 Å². The van der Waals surface area contributed by atoms with Crippen molar-refractivity contribution in [2.24, 2.45) is 0 Å². The number of ether oxygens (including phenoxy) is 2. The van der Waals surface area contributed by atoms with E-state index in [1.807, 2.05) is 0 Å². The average molecular weight is 212 g/mol. The molecule has 0 aromatic heterocycles. The molecular weight excluding hydrogens is 203 g/mol. The van der Waals surface area contributed by atoms with Gasteiger partial charge in [-0.3, -0.25) is 4.79 Å². The van der Waals surface area contributed by atoms with Crippen molar-refractivity contribution < 1.29 is 23.5 Å². The summed E-state index contributed by atoms with van der Waals surface area (Å²) in [6, 6.07) is 2.56. The van der Waals surface area contributed by atoms with Crippen LogP contribution in [-0.2, 0) is 4.74 Å². The van der Waals surface area contributed by atoms with E-state index < -0.39 is 17.3 Å². The third kappa shape index (κ3) is 1.96. The predicted octanol–water partition coefficient (Wildman–Crippen LogP) is 1.43. The molecule has 0 amide bonds. The minimum absolute atomic E-state index is 0.0693. The summed E-state index contributed by atoms with van der Waals surface area (Å²) in [7, 11) is 2.37. The summed E-state index contributed by atoms with van der Waals surface area (Å²) in [5.41, 5.74) is -0.480. The Morgan fingerprint density at radius 2 is 2.07 bits per heavy atom. The standard InChI is InChI=1S/C10H9FO4/c1-14-7-4-3-6(5-12)8(9(7)11)10(13)15-2/h3-5H,1-2H3. The zero-order chi connectivity index (χ0) is 11.4. The molecule has 0 bridgehead atoms. The highest BCUT2D eigenvalue weighted by Gasteiger charge is 2.20. The van der Waals surface area contributed by atoms with Crippen molar-refractivity contribution in [2.45, 2.75) is 0 Å². The minimum Gasteiger partial charge on any atom is -0.494 e. The second-order valence-electron chi connectivity index (χ2n) is 2.66. The van der Waals surface area contributed by atoms with Gasteiger partial charge < -0.3 is 9.47 Å². The Labute approximate surface area is 85.6 Å². The van der Waals surface area contributed by atoms with E-state index >= 15 is 0 Å². The van der Waals surface area contributed by atoms with Crippen molar-refractivity contribution in [3.8, 4) is 5.75 Å². The fourth-order valence-corrected chi connectivity index (χ4v) is 1.14. The normalized spacial score (nSPS) is 9.53. The van der Waals surface area contributed by atoms with E-state index in [9.17, 15) is 14.0 Å². The van der Waals surface area contributed by atoms with Crippen LogP contribution in [0.15, 0.2) is 12.1 Å². The van der Waals surface area contributed by atoms with Gasteiger partial charge >= 0.3 is 5.97 Å². The molecule has 1 aromatic carbocycles. The van der Waals surface area contributed by atoms with Crippen LogP contribution in [0.4, 0.5) is 4.39 Å². The number of carbonyl (C=O) groups excluding carboxylic acids is 2. The van der Waals surface area contributed by atoms with E-state index in [0.717, 1.165) is 7.11 Å². The topological polar surface area (TPSA) is 52.6 Å². The first-order valence-corrected chi connectivity index (χ1v) is 4.05. The van der Waals surface area contributed by atoms with Crippen LogP contribution < -0.4 is 4.74 Å². The first-order valence-electron chi connectivity index (χ1n) is 4.05. The molecule has 0 fully saturated rings. The fourth-order valence-electron chi connectivity index (χ4n) is 1.14. The van der Waals surface area contributed by atoms with Crippen molar-refractivity contribution in [2.75, 3.05) is 14.2 Å². The second kappa shape index (κ2) is 4.54. The zero-order valence-electron chi connectivity index (χ0n) is 8.24. The predicted molar refractivity (Wildman–Crippen MR) is 49.7 cm³/mol. The molecule has 0 saturated carbocycles. The molecule has 0 heterocycles. The maximum absolute atomic E-state index is 13.6. The molecule has 1 aromatic rings. The molecule has 4 nitrogen and oxygen atoms in total. The van der Waals surface area contributed by atoms with E-state index in [1.54, 1.807) is 0 Å². The van der Waals surface area contributed by atoms with Gasteiger partial charge in [-0.05, 0) is 12.1 Å². The van der Waals surface area contributed by atoms with Crippen LogP contribution in [0.1, 0.15) is 20.7 Å². The monoisotopic (exact) mass is 212 g/mol. The molecule has 0 radical (unpaired) electrons. The highest BCUT2D eigenvalue weighted by Crippen LogP contribution is 2.23. The van der Waals surface area contributed by atoms with Gasteiger partial charge in [-0.1, -0.05) is 0 Å². The number of hydrogen-bond donors (Lipinski definition) is 0. The summed E-state index contributed by atoms with van der Waals surface area (Å²) < 4.78 is 22.6. The van der Waals surface area contributed by atoms with Crippen molar-refractivity contribution in [3.63, 3.8) is 0 Å². The number of halogens is 1. The van der Waals surface area contributed by atoms with Gasteiger partial charge in [-0.2, -0.15) is 0 Å². The lowest BCUT2D eigenvalue weighted by atomic mass is 10.1. The number of hydrogen-bond acceptors (Lipinski definition) is 4. The summed E-state index contributed by atoms with van der Waals surface area (Å²) in [5, 5.41) is 0. The van der Waals surface area contributed by atoms with Crippen molar-refractivity contribution >= 4 is 12.3 Å². The Balaban J connectivity index is 3.42. The maximum atomic E-state index is 13.6. The van der Waals surface area contributed by atoms with Crippen molar-refractivity contribution in [1.29, 1.82) is 0 Å². The van der Waals surface area contributed by atoms with Gasteiger partial charge in [0.25, 0.3) is 0 Å². The quantitative estimate of drug-likeness (QED) is 0.561. The molecule has 15 heavy (non-hydrogen) atoms. The van der Waals surface area contributed by atoms with Crippen molar-refractivity contribution in [3.05, 3.63) is 29.1 Å². The number of aldehydes is 1. The van der Waals surface area contributed by atoms with E-state index in [2.05, 4.69) is 9.47 Å². The molecular formula is C10H9FO4. The number of methoxy groups -OCH3 is 2. The summed E-state index contributed by atoms with van der Waals surface area (Å²) >= 11 is 0. The first-order chi connectivity index (χ1) is 7.15. The third-order valence-electron chi connectivity index (χ3n) is 1.88. The molecule has 0 spiro atoms. The second-order valence-corrected chi connectivity index (χ2v) is 2.66. The van der Waals surface area contributed by atoms with Gasteiger partial charge in [-0.15, -0.1) is 0 Å². The molecule has 5 heteroatoms. The Morgan fingerprint density at radius 3 is 2.53 bits per heavy atom. The maximum Gasteiger partial charge on any atom is 0.341 e. The van der Waals surface area contributed by atoms with Gasteiger partial charge in [0.1, 0.15) is 5.56 Å². The molecule has 0 aliphatic heterocycles. The largest absolute Gasteiger partial charge is 0.494 e. The molecule has 0 aliphatic rings. The van der Waals surface area contributed by atoms with Crippen LogP contribution in [0.3, 0.4) is 0 Å². The molecule has 1 rings (SSSR count). The Bertz CT molecular complexity index is 401. The number of benzene rings is 1. The van der Waals surface area contributed by atoms with Crippen LogP contribution >= 0.6 is 0 Å². The van der Waals surface area contributed by atoms with Gasteiger partial charge in [0.05, 0.1) is 14.2 Å². The van der Waals surface area contributed by atoms with E-state index in [-0.39, 0.29) is 11.3 Å². The van der Waals surface area contributed by atoms with Crippen molar-refractivity contribution in [1.82, 2.24) is 0 Å². The average Bonchev–Trinajstić information content (AvgIpc) is 2.27. The summed E-state index contributed by atoms with van der Waals surface area (Å²) in [6.07, 6.45) is 0.384. The highest BCUT2D eigenvalue weighted by atomic mass is 19.1. The lowest BCUT2D eigenvalue weighted by Crippen LogP contribution is -2.09. The van der Waals surface area contributed by atoms with Gasteiger partial charge in [-0.25, -0.2) is 9.18 Å². The summed E-state index contributed by atoms with van der Waals surface area (Å²) in [5.74, 6) is -1.91. The van der Waals surface area contributed by atoms with Gasteiger partial charge in [0.15, 0.2) is 17.9 Å². The highest BCUT2D eigenvalue weighted by molar-refractivity contribution is 5.98. The minimum atomic E-state index is -0.909. The van der Waals surface area contributed by atoms with Crippen LogP contribution in [0.2, 0.25) is 0 Å². The molecule has 0 saturated heterocycles. The third-order valence-corrected chi connectivity index (χ3v) is 1.88. The lowest BCUT2D eigenvalue weighted by Gasteiger charge is -2.07. The summed E-state index contributed by atoms with van der Waals surface area (Å²) in [4.78, 5) is 21.8. The molecule has 0 unspecified atom stereocenters. The van der Waals surface area contributed by atoms with Gasteiger partial charge in [0, 0.05) is 5.56 Å². The van der Waals surface area contributed by atoms with E-state index in [1.165, 1.54) is 19.2 Å². The lowest BCUT2D eigenvalue weighted by molar-refractivity contribution is 0.0592. The molecule has 80 valence electrons. The Morgan fingerprint density at radius 1 is 1.40 bits per heavy atom. The molecule has 0 N–H and O–H groups in total. The zero-order valence-corrected chi connectivity index (χ0v) is 8.24. The van der Waals surface area contributed by atoms with Gasteiger partial charge in [0.2, 0.25) is 0 Å². The number of carbonyl (C=O) groups is 2.